The third kappa shape index (κ3) is 3.62. The van der Waals surface area contributed by atoms with Gasteiger partial charge in [0.25, 0.3) is 0 Å². The first-order valence-electron chi connectivity index (χ1n) is 5.90. The molecular weight excluding hydrogens is 264 g/mol. The Morgan fingerprint density at radius 2 is 2.00 bits per heavy atom. The Labute approximate surface area is 116 Å². The molecule has 0 aliphatic carbocycles. The van der Waals surface area contributed by atoms with Gasteiger partial charge in [0.2, 0.25) is 0 Å². The molecule has 0 unspecified atom stereocenters. The van der Waals surface area contributed by atoms with Crippen LogP contribution in [0.3, 0.4) is 0 Å². The summed E-state index contributed by atoms with van der Waals surface area (Å²) in [4.78, 5) is 12.6. The van der Waals surface area contributed by atoms with E-state index in [-0.39, 0.29) is 5.75 Å². The van der Waals surface area contributed by atoms with Crippen molar-refractivity contribution >= 4 is 11.6 Å². The fourth-order valence-corrected chi connectivity index (χ4v) is 1.87. The van der Waals surface area contributed by atoms with Crippen LogP contribution in [-0.4, -0.2) is 20.1 Å². The minimum absolute atomic E-state index is 0.161. The van der Waals surface area contributed by atoms with Gasteiger partial charge in [-0.05, 0) is 26.0 Å². The second-order valence-electron chi connectivity index (χ2n) is 4.23. The lowest BCUT2D eigenvalue weighted by molar-refractivity contribution is 0.471. The Morgan fingerprint density at radius 1 is 1.21 bits per heavy atom. The van der Waals surface area contributed by atoms with E-state index < -0.39 is 0 Å². The van der Waals surface area contributed by atoms with Crippen molar-refractivity contribution in [2.75, 3.05) is 0 Å². The molecule has 0 atom stereocenters. The smallest absolute Gasteiger partial charge is 0.133 e. The van der Waals surface area contributed by atoms with Crippen molar-refractivity contribution in [3.05, 3.63) is 46.3 Å². The van der Waals surface area contributed by atoms with Gasteiger partial charge in [-0.25, -0.2) is 9.97 Å². The standard InChI is InChI=1S/C13H15ClN4O/c1-8-13(14)12(18-9(2)17-8)7-15-5-10-3-4-11(19)6-16-10/h3-4,6,15,19H,5,7H2,1-2H3. The molecule has 0 spiro atoms. The van der Waals surface area contributed by atoms with E-state index in [1.54, 1.807) is 12.1 Å². The number of aromatic hydroxyl groups is 1. The number of hydrogen-bond acceptors (Lipinski definition) is 5. The number of rotatable bonds is 4. The van der Waals surface area contributed by atoms with E-state index in [1.165, 1.54) is 6.20 Å². The molecule has 2 aromatic rings. The number of nitrogens with zero attached hydrogens (tertiary/aromatic N) is 3. The summed E-state index contributed by atoms with van der Waals surface area (Å²) >= 11 is 6.15. The molecule has 6 heteroatoms. The van der Waals surface area contributed by atoms with Crippen molar-refractivity contribution in [3.8, 4) is 5.75 Å². The van der Waals surface area contributed by atoms with Crippen molar-refractivity contribution < 1.29 is 5.11 Å². The van der Waals surface area contributed by atoms with Gasteiger partial charge in [-0.1, -0.05) is 11.6 Å². The molecule has 0 radical (unpaired) electrons. The highest BCUT2D eigenvalue weighted by Gasteiger charge is 2.07. The first-order valence-corrected chi connectivity index (χ1v) is 6.28. The van der Waals surface area contributed by atoms with Crippen molar-refractivity contribution in [3.63, 3.8) is 0 Å². The summed E-state index contributed by atoms with van der Waals surface area (Å²) in [5.41, 5.74) is 2.41. The molecule has 2 heterocycles. The van der Waals surface area contributed by atoms with Gasteiger partial charge in [0.15, 0.2) is 0 Å². The van der Waals surface area contributed by atoms with Crippen LogP contribution in [0.1, 0.15) is 22.9 Å². The molecular formula is C13H15ClN4O. The van der Waals surface area contributed by atoms with E-state index in [4.69, 9.17) is 16.7 Å². The Balaban J connectivity index is 1.98. The van der Waals surface area contributed by atoms with Crippen LogP contribution in [0, 0.1) is 13.8 Å². The van der Waals surface area contributed by atoms with E-state index in [1.807, 2.05) is 13.8 Å². The molecule has 0 saturated carbocycles. The minimum atomic E-state index is 0.161. The first-order chi connectivity index (χ1) is 9.06. The molecule has 5 nitrogen and oxygen atoms in total. The summed E-state index contributed by atoms with van der Waals surface area (Å²) in [6.45, 7) is 4.83. The maximum atomic E-state index is 9.14. The maximum absolute atomic E-state index is 9.14. The number of nitrogens with one attached hydrogen (secondary N) is 1. The zero-order valence-electron chi connectivity index (χ0n) is 10.8. The molecule has 0 aromatic carbocycles. The lowest BCUT2D eigenvalue weighted by Crippen LogP contribution is -2.16. The normalized spacial score (nSPS) is 10.7. The van der Waals surface area contributed by atoms with Crippen LogP contribution in [0.4, 0.5) is 0 Å². The van der Waals surface area contributed by atoms with E-state index in [0.29, 0.717) is 23.9 Å². The molecule has 0 fully saturated rings. The number of halogens is 1. The zero-order chi connectivity index (χ0) is 13.8. The summed E-state index contributed by atoms with van der Waals surface area (Å²) in [6, 6.07) is 3.37. The predicted molar refractivity (Wildman–Crippen MR) is 73.0 cm³/mol. The van der Waals surface area contributed by atoms with Gasteiger partial charge in [0.05, 0.1) is 28.3 Å². The quantitative estimate of drug-likeness (QED) is 0.897. The van der Waals surface area contributed by atoms with Crippen molar-refractivity contribution in [2.45, 2.75) is 26.9 Å². The number of aryl methyl sites for hydroxylation is 2. The van der Waals surface area contributed by atoms with Crippen molar-refractivity contribution in [1.82, 2.24) is 20.3 Å². The zero-order valence-corrected chi connectivity index (χ0v) is 11.6. The third-order valence-corrected chi connectivity index (χ3v) is 3.10. The number of aromatic nitrogens is 3. The summed E-state index contributed by atoms with van der Waals surface area (Å²) in [6.07, 6.45) is 1.42. The van der Waals surface area contributed by atoms with Gasteiger partial charge < -0.3 is 10.4 Å². The number of pyridine rings is 1. The molecule has 2 aromatic heterocycles. The van der Waals surface area contributed by atoms with Crippen LogP contribution >= 0.6 is 11.6 Å². The van der Waals surface area contributed by atoms with Crippen LogP contribution in [0.25, 0.3) is 0 Å². The molecule has 0 saturated heterocycles. The van der Waals surface area contributed by atoms with Crippen LogP contribution in [0.5, 0.6) is 5.75 Å². The van der Waals surface area contributed by atoms with Crippen LogP contribution in [-0.2, 0) is 13.1 Å². The lowest BCUT2D eigenvalue weighted by Gasteiger charge is -2.08. The predicted octanol–water partition coefficient (Wildman–Crippen LogP) is 2.14. The first kappa shape index (κ1) is 13.7. The summed E-state index contributed by atoms with van der Waals surface area (Å²) in [7, 11) is 0. The Morgan fingerprint density at radius 3 is 2.68 bits per heavy atom. The SMILES string of the molecule is Cc1nc(C)c(Cl)c(CNCc2ccc(O)cn2)n1. The second kappa shape index (κ2) is 5.95. The fourth-order valence-electron chi connectivity index (χ4n) is 1.72. The Hall–Kier alpha value is -1.72. The van der Waals surface area contributed by atoms with Gasteiger partial charge in [-0.2, -0.15) is 0 Å². The van der Waals surface area contributed by atoms with Gasteiger partial charge in [0.1, 0.15) is 11.6 Å². The summed E-state index contributed by atoms with van der Waals surface area (Å²) in [5, 5.41) is 12.9. The van der Waals surface area contributed by atoms with Gasteiger partial charge >= 0.3 is 0 Å². The Bertz CT molecular complexity index is 572. The van der Waals surface area contributed by atoms with E-state index >= 15 is 0 Å². The van der Waals surface area contributed by atoms with Gasteiger partial charge in [-0.3, -0.25) is 4.98 Å². The molecule has 2 rings (SSSR count). The largest absolute Gasteiger partial charge is 0.506 e. The van der Waals surface area contributed by atoms with Crippen molar-refractivity contribution in [2.24, 2.45) is 0 Å². The molecule has 19 heavy (non-hydrogen) atoms. The van der Waals surface area contributed by atoms with Crippen LogP contribution in [0.15, 0.2) is 18.3 Å². The average Bonchev–Trinajstić information content (AvgIpc) is 2.37. The van der Waals surface area contributed by atoms with Crippen LogP contribution < -0.4 is 5.32 Å². The van der Waals surface area contributed by atoms with Gasteiger partial charge in [-0.15, -0.1) is 0 Å². The Kier molecular flexibility index (Phi) is 4.29. The molecule has 0 aliphatic rings. The van der Waals surface area contributed by atoms with Gasteiger partial charge in [0, 0.05) is 13.1 Å². The molecule has 2 N–H and O–H groups in total. The van der Waals surface area contributed by atoms with E-state index in [9.17, 15) is 0 Å². The number of hydrogen-bond donors (Lipinski definition) is 2. The molecule has 0 bridgehead atoms. The third-order valence-electron chi connectivity index (χ3n) is 2.60. The maximum Gasteiger partial charge on any atom is 0.133 e. The molecule has 100 valence electrons. The van der Waals surface area contributed by atoms with Crippen LogP contribution in [0.2, 0.25) is 5.02 Å². The minimum Gasteiger partial charge on any atom is -0.506 e. The molecule has 0 aliphatic heterocycles. The second-order valence-corrected chi connectivity index (χ2v) is 4.61. The molecule has 0 amide bonds. The lowest BCUT2D eigenvalue weighted by atomic mass is 10.3. The van der Waals surface area contributed by atoms with E-state index in [2.05, 4.69) is 20.3 Å². The highest BCUT2D eigenvalue weighted by Crippen LogP contribution is 2.17. The van der Waals surface area contributed by atoms with Crippen molar-refractivity contribution in [1.29, 1.82) is 0 Å². The van der Waals surface area contributed by atoms with E-state index in [0.717, 1.165) is 17.1 Å². The summed E-state index contributed by atoms with van der Waals surface area (Å²) in [5.74, 6) is 0.871. The monoisotopic (exact) mass is 278 g/mol. The fraction of sp³-hybridized carbons (Fsp3) is 0.308. The topological polar surface area (TPSA) is 70.9 Å². The average molecular weight is 279 g/mol. The summed E-state index contributed by atoms with van der Waals surface area (Å²) < 4.78 is 0. The highest BCUT2D eigenvalue weighted by atomic mass is 35.5. The highest BCUT2D eigenvalue weighted by molar-refractivity contribution is 6.31.